The minimum Gasteiger partial charge on any atom is -0.484 e. The van der Waals surface area contributed by atoms with Gasteiger partial charge in [-0.15, -0.1) is 0 Å². The Kier molecular flexibility index (Phi) is 6.07. The van der Waals surface area contributed by atoms with Crippen molar-refractivity contribution in [1.82, 2.24) is 5.32 Å². The van der Waals surface area contributed by atoms with E-state index in [-0.39, 0.29) is 19.1 Å². The highest BCUT2D eigenvalue weighted by atomic mass is 35.5. The molecule has 22 heavy (non-hydrogen) atoms. The van der Waals surface area contributed by atoms with Crippen molar-refractivity contribution in [3.05, 3.63) is 64.1 Å². The maximum absolute atomic E-state index is 11.7. The Bertz CT molecular complexity index is 614. The van der Waals surface area contributed by atoms with Crippen LogP contribution in [0.15, 0.2) is 48.5 Å². The highest BCUT2D eigenvalue weighted by molar-refractivity contribution is 6.30. The number of ether oxygens (including phenoxy) is 1. The fourth-order valence-corrected chi connectivity index (χ4v) is 2.00. The molecule has 0 aliphatic carbocycles. The van der Waals surface area contributed by atoms with Crippen molar-refractivity contribution in [2.45, 2.75) is 6.10 Å². The first-order valence-corrected chi connectivity index (χ1v) is 7.39. The summed E-state index contributed by atoms with van der Waals surface area (Å²) in [4.78, 5) is 11.7. The van der Waals surface area contributed by atoms with Crippen LogP contribution in [0.4, 0.5) is 0 Å². The van der Waals surface area contributed by atoms with E-state index >= 15 is 0 Å². The third kappa shape index (κ3) is 5.22. The summed E-state index contributed by atoms with van der Waals surface area (Å²) in [6.45, 7) is -0.0284. The van der Waals surface area contributed by atoms with Gasteiger partial charge in [0.05, 0.1) is 6.10 Å². The number of amides is 1. The lowest BCUT2D eigenvalue weighted by Gasteiger charge is -2.13. The fourth-order valence-electron chi connectivity index (χ4n) is 1.74. The predicted molar refractivity (Wildman–Crippen MR) is 86.4 cm³/mol. The third-order valence-corrected chi connectivity index (χ3v) is 3.43. The van der Waals surface area contributed by atoms with Crippen molar-refractivity contribution >= 4 is 29.1 Å². The van der Waals surface area contributed by atoms with Crippen molar-refractivity contribution in [2.24, 2.45) is 0 Å². The molecule has 0 saturated carbocycles. The Morgan fingerprint density at radius 1 is 1.05 bits per heavy atom. The van der Waals surface area contributed by atoms with Crippen molar-refractivity contribution in [3.63, 3.8) is 0 Å². The minimum absolute atomic E-state index is 0.102. The average Bonchev–Trinajstić information content (AvgIpc) is 2.52. The molecular formula is C16H15Cl2NO3. The van der Waals surface area contributed by atoms with Gasteiger partial charge in [0.2, 0.25) is 0 Å². The molecule has 0 aliphatic heterocycles. The summed E-state index contributed by atoms with van der Waals surface area (Å²) in [5.74, 6) is 0.237. The van der Waals surface area contributed by atoms with E-state index in [0.717, 1.165) is 0 Å². The van der Waals surface area contributed by atoms with Gasteiger partial charge in [-0.05, 0) is 42.0 Å². The lowest BCUT2D eigenvalue weighted by molar-refractivity contribution is -0.123. The van der Waals surface area contributed by atoms with E-state index in [1.807, 2.05) is 0 Å². The number of aliphatic hydroxyl groups excluding tert-OH is 1. The molecule has 2 N–H and O–H groups in total. The number of aliphatic hydroxyl groups is 1. The van der Waals surface area contributed by atoms with Crippen LogP contribution in [-0.4, -0.2) is 24.2 Å². The topological polar surface area (TPSA) is 58.6 Å². The number of carbonyl (C=O) groups is 1. The van der Waals surface area contributed by atoms with E-state index in [1.165, 1.54) is 0 Å². The van der Waals surface area contributed by atoms with Gasteiger partial charge in [0.25, 0.3) is 5.91 Å². The lowest BCUT2D eigenvalue weighted by atomic mass is 10.1. The first kappa shape index (κ1) is 16.6. The lowest BCUT2D eigenvalue weighted by Crippen LogP contribution is -2.32. The Morgan fingerprint density at radius 2 is 1.59 bits per heavy atom. The molecule has 116 valence electrons. The summed E-state index contributed by atoms with van der Waals surface area (Å²) < 4.78 is 5.31. The molecule has 1 amide bonds. The molecular weight excluding hydrogens is 325 g/mol. The van der Waals surface area contributed by atoms with E-state index in [0.29, 0.717) is 21.4 Å². The molecule has 0 heterocycles. The van der Waals surface area contributed by atoms with Crippen LogP contribution in [0.3, 0.4) is 0 Å². The molecule has 0 aliphatic rings. The quantitative estimate of drug-likeness (QED) is 0.849. The van der Waals surface area contributed by atoms with Gasteiger partial charge in [0.1, 0.15) is 5.75 Å². The van der Waals surface area contributed by atoms with E-state index in [2.05, 4.69) is 5.32 Å². The monoisotopic (exact) mass is 339 g/mol. The minimum atomic E-state index is -0.795. The van der Waals surface area contributed by atoms with Gasteiger partial charge >= 0.3 is 0 Å². The molecule has 2 rings (SSSR count). The number of halogens is 2. The van der Waals surface area contributed by atoms with Crippen molar-refractivity contribution in [3.8, 4) is 5.75 Å². The van der Waals surface area contributed by atoms with Crippen LogP contribution in [0.25, 0.3) is 0 Å². The number of carbonyl (C=O) groups excluding carboxylic acids is 1. The molecule has 0 saturated heterocycles. The van der Waals surface area contributed by atoms with Crippen LogP contribution in [-0.2, 0) is 4.79 Å². The molecule has 0 bridgehead atoms. The highest BCUT2D eigenvalue weighted by Gasteiger charge is 2.10. The Morgan fingerprint density at radius 3 is 2.18 bits per heavy atom. The second-order valence-electron chi connectivity index (χ2n) is 4.61. The molecule has 1 unspecified atom stereocenters. The molecule has 2 aromatic carbocycles. The summed E-state index contributed by atoms with van der Waals surface area (Å²) in [5.41, 5.74) is 0.684. The van der Waals surface area contributed by atoms with Crippen molar-refractivity contribution < 1.29 is 14.6 Å². The number of benzene rings is 2. The first-order chi connectivity index (χ1) is 10.5. The van der Waals surface area contributed by atoms with Crippen LogP contribution in [0.2, 0.25) is 10.0 Å². The Balaban J connectivity index is 1.75. The van der Waals surface area contributed by atoms with E-state index in [9.17, 15) is 9.90 Å². The standard InChI is InChI=1S/C16H15Cl2NO3/c17-12-3-1-11(2-4-12)15(20)9-19-16(21)10-22-14-7-5-13(18)6-8-14/h1-8,15,20H,9-10H2,(H,19,21). The van der Waals surface area contributed by atoms with Crippen molar-refractivity contribution in [2.75, 3.05) is 13.2 Å². The van der Waals surface area contributed by atoms with Gasteiger partial charge in [-0.3, -0.25) is 4.79 Å². The number of nitrogens with one attached hydrogen (secondary N) is 1. The van der Waals surface area contributed by atoms with Crippen LogP contribution >= 0.6 is 23.2 Å². The largest absolute Gasteiger partial charge is 0.484 e. The van der Waals surface area contributed by atoms with Crippen LogP contribution < -0.4 is 10.1 Å². The SMILES string of the molecule is O=C(COc1ccc(Cl)cc1)NCC(O)c1ccc(Cl)cc1. The van der Waals surface area contributed by atoms with Gasteiger partial charge in [-0.1, -0.05) is 35.3 Å². The highest BCUT2D eigenvalue weighted by Crippen LogP contribution is 2.16. The summed E-state index contributed by atoms with van der Waals surface area (Å²) in [7, 11) is 0. The Hall–Kier alpha value is -1.75. The van der Waals surface area contributed by atoms with E-state index in [1.54, 1.807) is 48.5 Å². The molecule has 4 nitrogen and oxygen atoms in total. The van der Waals surface area contributed by atoms with Gasteiger partial charge in [0, 0.05) is 16.6 Å². The molecule has 0 fully saturated rings. The van der Waals surface area contributed by atoms with Crippen LogP contribution in [0.1, 0.15) is 11.7 Å². The average molecular weight is 340 g/mol. The number of rotatable bonds is 6. The molecule has 2 aromatic rings. The van der Waals surface area contributed by atoms with Crippen molar-refractivity contribution in [1.29, 1.82) is 0 Å². The van der Waals surface area contributed by atoms with Gasteiger partial charge in [0.15, 0.2) is 6.61 Å². The van der Waals surface area contributed by atoms with E-state index < -0.39 is 6.10 Å². The maximum atomic E-state index is 11.7. The van der Waals surface area contributed by atoms with Crippen LogP contribution in [0, 0.1) is 0 Å². The van der Waals surface area contributed by atoms with Gasteiger partial charge in [-0.25, -0.2) is 0 Å². The zero-order chi connectivity index (χ0) is 15.9. The van der Waals surface area contributed by atoms with E-state index in [4.69, 9.17) is 27.9 Å². The van der Waals surface area contributed by atoms with Crippen LogP contribution in [0.5, 0.6) is 5.75 Å². The summed E-state index contributed by atoms with van der Waals surface area (Å²) in [6, 6.07) is 13.5. The zero-order valence-corrected chi connectivity index (χ0v) is 13.1. The molecule has 0 spiro atoms. The molecule has 6 heteroatoms. The molecule has 0 radical (unpaired) electrons. The zero-order valence-electron chi connectivity index (χ0n) is 11.6. The summed E-state index contributed by atoms with van der Waals surface area (Å²) in [6.07, 6.45) is -0.795. The molecule has 0 aromatic heterocycles. The Labute approximate surface area is 138 Å². The third-order valence-electron chi connectivity index (χ3n) is 2.93. The second kappa shape index (κ2) is 8.03. The normalized spacial score (nSPS) is 11.8. The fraction of sp³-hybridized carbons (Fsp3) is 0.188. The second-order valence-corrected chi connectivity index (χ2v) is 5.49. The van der Waals surface area contributed by atoms with Gasteiger partial charge in [-0.2, -0.15) is 0 Å². The summed E-state index contributed by atoms with van der Waals surface area (Å²) in [5, 5.41) is 13.8. The van der Waals surface area contributed by atoms with Gasteiger partial charge < -0.3 is 15.2 Å². The molecule has 1 atom stereocenters. The smallest absolute Gasteiger partial charge is 0.258 e. The predicted octanol–water partition coefficient (Wildman–Crippen LogP) is 3.22. The number of hydrogen-bond acceptors (Lipinski definition) is 3. The summed E-state index contributed by atoms with van der Waals surface area (Å²) >= 11 is 11.5. The maximum Gasteiger partial charge on any atom is 0.258 e. The number of hydrogen-bond donors (Lipinski definition) is 2. The first-order valence-electron chi connectivity index (χ1n) is 6.63.